The fraction of sp³-hybridized carbons (Fsp3) is 0.174. The average molecular weight is 477 g/mol. The maximum Gasteiger partial charge on any atom is 0.264 e. The minimum atomic E-state index is -4.02. The summed E-state index contributed by atoms with van der Waals surface area (Å²) in [6.07, 6.45) is 0. The quantitative estimate of drug-likeness (QED) is 0.492. The highest BCUT2D eigenvalue weighted by molar-refractivity contribution is 7.92. The number of rotatable bonds is 6. The van der Waals surface area contributed by atoms with Gasteiger partial charge in [0.05, 0.1) is 10.6 Å². The van der Waals surface area contributed by atoms with Crippen molar-refractivity contribution in [2.75, 3.05) is 16.2 Å². The Labute approximate surface area is 192 Å². The van der Waals surface area contributed by atoms with Gasteiger partial charge in [-0.25, -0.2) is 8.42 Å². The van der Waals surface area contributed by atoms with Crippen LogP contribution >= 0.6 is 23.2 Å². The first-order valence-electron chi connectivity index (χ1n) is 9.50. The second kappa shape index (κ2) is 9.30. The number of anilines is 2. The fourth-order valence-electron chi connectivity index (χ4n) is 2.95. The zero-order valence-electron chi connectivity index (χ0n) is 17.3. The third-order valence-electron chi connectivity index (χ3n) is 4.88. The molecule has 0 aromatic heterocycles. The maximum absolute atomic E-state index is 13.4. The molecule has 1 amide bonds. The lowest BCUT2D eigenvalue weighted by atomic mass is 10.2. The van der Waals surface area contributed by atoms with E-state index in [1.165, 1.54) is 12.1 Å². The molecule has 0 aliphatic rings. The number of aryl methyl sites for hydroxylation is 2. The van der Waals surface area contributed by atoms with Gasteiger partial charge in [0.2, 0.25) is 5.91 Å². The second-order valence-corrected chi connectivity index (χ2v) is 9.90. The first-order valence-corrected chi connectivity index (χ1v) is 11.7. The molecule has 0 fully saturated rings. The molecular formula is C23H22Cl2N2O3S. The van der Waals surface area contributed by atoms with Crippen LogP contribution in [0.2, 0.25) is 10.0 Å². The molecule has 1 N–H and O–H groups in total. The van der Waals surface area contributed by atoms with Crippen LogP contribution in [0.1, 0.15) is 16.7 Å². The summed E-state index contributed by atoms with van der Waals surface area (Å²) in [5.74, 6) is -0.502. The minimum absolute atomic E-state index is 0.0848. The SMILES string of the molecule is Cc1ccc(S(=O)(=O)N(CC(=O)Nc2cccc(Cl)c2C)c2ccc(C)c(Cl)c2)cc1. The van der Waals surface area contributed by atoms with Gasteiger partial charge >= 0.3 is 0 Å². The lowest BCUT2D eigenvalue weighted by Gasteiger charge is -2.25. The van der Waals surface area contributed by atoms with Crippen LogP contribution in [-0.4, -0.2) is 20.9 Å². The molecule has 162 valence electrons. The summed E-state index contributed by atoms with van der Waals surface area (Å²) in [4.78, 5) is 12.9. The Kier molecular flexibility index (Phi) is 6.94. The first-order chi connectivity index (χ1) is 14.6. The van der Waals surface area contributed by atoms with Gasteiger partial charge in [0, 0.05) is 15.7 Å². The molecule has 3 aromatic rings. The number of carbonyl (C=O) groups excluding carboxylic acids is 1. The summed E-state index contributed by atoms with van der Waals surface area (Å²) in [7, 11) is -4.02. The highest BCUT2D eigenvalue weighted by atomic mass is 35.5. The van der Waals surface area contributed by atoms with Crippen LogP contribution in [-0.2, 0) is 14.8 Å². The Bertz CT molecular complexity index is 1230. The van der Waals surface area contributed by atoms with E-state index in [1.54, 1.807) is 55.5 Å². The molecule has 0 unspecified atom stereocenters. The van der Waals surface area contributed by atoms with Crippen LogP contribution in [0.4, 0.5) is 11.4 Å². The smallest absolute Gasteiger partial charge is 0.264 e. The van der Waals surface area contributed by atoms with Crippen molar-refractivity contribution in [3.05, 3.63) is 87.4 Å². The Morgan fingerprint density at radius 2 is 1.61 bits per heavy atom. The third-order valence-corrected chi connectivity index (χ3v) is 7.49. The van der Waals surface area contributed by atoms with Crippen molar-refractivity contribution in [1.82, 2.24) is 0 Å². The molecule has 0 aliphatic heterocycles. The van der Waals surface area contributed by atoms with Crippen molar-refractivity contribution in [3.63, 3.8) is 0 Å². The molecule has 31 heavy (non-hydrogen) atoms. The van der Waals surface area contributed by atoms with Crippen LogP contribution in [0.5, 0.6) is 0 Å². The second-order valence-electron chi connectivity index (χ2n) is 7.22. The van der Waals surface area contributed by atoms with Crippen LogP contribution in [0.15, 0.2) is 65.6 Å². The Morgan fingerprint density at radius 3 is 2.26 bits per heavy atom. The van der Waals surface area contributed by atoms with Crippen molar-refractivity contribution >= 4 is 50.5 Å². The fourth-order valence-corrected chi connectivity index (χ4v) is 4.71. The predicted octanol–water partition coefficient (Wildman–Crippen LogP) is 5.75. The number of nitrogens with one attached hydrogen (secondary N) is 1. The molecule has 0 saturated heterocycles. The average Bonchev–Trinajstić information content (AvgIpc) is 2.72. The molecule has 0 bridgehead atoms. The molecule has 3 rings (SSSR count). The Hall–Kier alpha value is -2.54. The standard InChI is InChI=1S/C23H22Cl2N2O3S/c1-15-7-11-19(12-8-15)31(29,30)27(18-10-9-16(2)21(25)13-18)14-23(28)26-22-6-4-5-20(24)17(22)3/h4-13H,14H2,1-3H3,(H,26,28). The van der Waals surface area contributed by atoms with Gasteiger partial charge in [0.15, 0.2) is 0 Å². The Morgan fingerprint density at radius 1 is 0.935 bits per heavy atom. The normalized spacial score (nSPS) is 11.3. The van der Waals surface area contributed by atoms with E-state index in [2.05, 4.69) is 5.32 Å². The van der Waals surface area contributed by atoms with Crippen molar-refractivity contribution in [3.8, 4) is 0 Å². The van der Waals surface area contributed by atoms with Crippen molar-refractivity contribution in [1.29, 1.82) is 0 Å². The molecule has 0 radical (unpaired) electrons. The van der Waals surface area contributed by atoms with Gasteiger partial charge in [-0.2, -0.15) is 0 Å². The van der Waals surface area contributed by atoms with E-state index in [4.69, 9.17) is 23.2 Å². The molecule has 5 nitrogen and oxygen atoms in total. The largest absolute Gasteiger partial charge is 0.324 e. The van der Waals surface area contributed by atoms with Crippen LogP contribution in [0.25, 0.3) is 0 Å². The zero-order chi connectivity index (χ0) is 22.8. The lowest BCUT2D eigenvalue weighted by molar-refractivity contribution is -0.114. The number of hydrogen-bond donors (Lipinski definition) is 1. The molecule has 0 saturated carbocycles. The summed E-state index contributed by atoms with van der Waals surface area (Å²) in [6, 6.07) is 16.5. The molecule has 3 aromatic carbocycles. The van der Waals surface area contributed by atoms with Gasteiger partial charge in [-0.05, 0) is 68.3 Å². The summed E-state index contributed by atoms with van der Waals surface area (Å²) in [5, 5.41) is 3.66. The third kappa shape index (κ3) is 5.21. The number of hydrogen-bond acceptors (Lipinski definition) is 3. The van der Waals surface area contributed by atoms with E-state index in [0.717, 1.165) is 15.4 Å². The number of nitrogens with zero attached hydrogens (tertiary/aromatic N) is 1. The molecular weight excluding hydrogens is 455 g/mol. The molecule has 0 atom stereocenters. The van der Waals surface area contributed by atoms with Crippen LogP contribution < -0.4 is 9.62 Å². The number of benzene rings is 3. The van der Waals surface area contributed by atoms with E-state index < -0.39 is 22.5 Å². The van der Waals surface area contributed by atoms with E-state index in [1.807, 2.05) is 13.8 Å². The highest BCUT2D eigenvalue weighted by Gasteiger charge is 2.28. The van der Waals surface area contributed by atoms with Gasteiger partial charge in [0.1, 0.15) is 6.54 Å². The zero-order valence-corrected chi connectivity index (χ0v) is 19.6. The van der Waals surface area contributed by atoms with Gasteiger partial charge in [-0.15, -0.1) is 0 Å². The monoisotopic (exact) mass is 476 g/mol. The summed E-state index contributed by atoms with van der Waals surface area (Å²) < 4.78 is 27.9. The number of halogens is 2. The number of carbonyl (C=O) groups is 1. The van der Waals surface area contributed by atoms with Crippen LogP contribution in [0, 0.1) is 20.8 Å². The van der Waals surface area contributed by atoms with E-state index in [-0.39, 0.29) is 4.90 Å². The van der Waals surface area contributed by atoms with Gasteiger partial charge in [-0.3, -0.25) is 9.10 Å². The van der Waals surface area contributed by atoms with Gasteiger partial charge in [-0.1, -0.05) is 53.0 Å². The summed E-state index contributed by atoms with van der Waals surface area (Å²) in [6.45, 7) is 5.04. The number of sulfonamides is 1. The molecule has 0 spiro atoms. The first kappa shape index (κ1) is 23.1. The summed E-state index contributed by atoms with van der Waals surface area (Å²) in [5.41, 5.74) is 3.25. The predicted molar refractivity (Wildman–Crippen MR) is 127 cm³/mol. The van der Waals surface area contributed by atoms with E-state index >= 15 is 0 Å². The Balaban J connectivity index is 1.99. The summed E-state index contributed by atoms with van der Waals surface area (Å²) >= 11 is 12.4. The maximum atomic E-state index is 13.4. The molecule has 0 heterocycles. The van der Waals surface area contributed by atoms with Gasteiger partial charge < -0.3 is 5.32 Å². The lowest BCUT2D eigenvalue weighted by Crippen LogP contribution is -2.38. The van der Waals surface area contributed by atoms with Crippen molar-refractivity contribution in [2.24, 2.45) is 0 Å². The molecule has 0 aliphatic carbocycles. The minimum Gasteiger partial charge on any atom is -0.324 e. The topological polar surface area (TPSA) is 66.5 Å². The van der Waals surface area contributed by atoms with Crippen LogP contribution in [0.3, 0.4) is 0 Å². The molecule has 8 heteroatoms. The van der Waals surface area contributed by atoms with E-state index in [0.29, 0.717) is 27.0 Å². The highest BCUT2D eigenvalue weighted by Crippen LogP contribution is 2.29. The van der Waals surface area contributed by atoms with Crippen molar-refractivity contribution in [2.45, 2.75) is 25.7 Å². The van der Waals surface area contributed by atoms with E-state index in [9.17, 15) is 13.2 Å². The number of amides is 1. The van der Waals surface area contributed by atoms with Gasteiger partial charge in [0.25, 0.3) is 10.0 Å². The van der Waals surface area contributed by atoms with Crippen molar-refractivity contribution < 1.29 is 13.2 Å².